The summed E-state index contributed by atoms with van der Waals surface area (Å²) in [5, 5.41) is 9.26. The molecule has 1 saturated carbocycles. The van der Waals surface area contributed by atoms with Gasteiger partial charge in [0.2, 0.25) is 0 Å². The van der Waals surface area contributed by atoms with Crippen LogP contribution < -0.4 is 5.32 Å². The van der Waals surface area contributed by atoms with E-state index < -0.39 is 0 Å². The van der Waals surface area contributed by atoms with E-state index in [0.29, 0.717) is 11.3 Å². The molecule has 4 heterocycles. The third-order valence-corrected chi connectivity index (χ3v) is 7.14. The second kappa shape index (κ2) is 8.53. The summed E-state index contributed by atoms with van der Waals surface area (Å²) in [4.78, 5) is 20.7. The van der Waals surface area contributed by atoms with Gasteiger partial charge in [-0.15, -0.1) is 24.8 Å². The van der Waals surface area contributed by atoms with E-state index in [1.807, 2.05) is 11.6 Å². The van der Waals surface area contributed by atoms with E-state index in [1.54, 1.807) is 0 Å². The maximum absolute atomic E-state index is 13.7. The first-order valence-electron chi connectivity index (χ1n) is 11.2. The van der Waals surface area contributed by atoms with Crippen molar-refractivity contribution in [2.45, 2.75) is 71.3 Å². The molecule has 0 unspecified atom stereocenters. The number of nitrogens with one attached hydrogen (secondary N) is 1. The third-order valence-electron chi connectivity index (χ3n) is 7.14. The van der Waals surface area contributed by atoms with Gasteiger partial charge in [0.05, 0.1) is 22.2 Å². The Balaban J connectivity index is 0.00000136. The van der Waals surface area contributed by atoms with Crippen molar-refractivity contribution < 1.29 is 4.79 Å². The highest BCUT2D eigenvalue weighted by molar-refractivity contribution is 6.06. The molecule has 6 nitrogen and oxygen atoms in total. The zero-order valence-corrected chi connectivity index (χ0v) is 20.7. The lowest BCUT2D eigenvalue weighted by molar-refractivity contribution is 0.0609. The number of hydrogen-bond donors (Lipinski definition) is 1. The number of fused-ring (bicyclic) bond motifs is 1. The van der Waals surface area contributed by atoms with Gasteiger partial charge in [0.15, 0.2) is 5.65 Å². The maximum Gasteiger partial charge on any atom is 0.254 e. The standard InChI is InChI=1S/C23H33N5O.2ClH/c1-15-19-17(21(29)27-11-8-23(9-12-27)7-10-24-14-23)13-18(16-5-6-16)25-20(19)28(26-15)22(2,3)4;;/h13,16,24H,5-12,14H2,1-4H3;2*1H. The number of pyridine rings is 1. The van der Waals surface area contributed by atoms with E-state index in [-0.39, 0.29) is 36.3 Å². The Bertz CT molecular complexity index is 960. The number of halogens is 2. The number of likely N-dealkylation sites (tertiary alicyclic amines) is 1. The molecule has 2 saturated heterocycles. The number of aryl methyl sites for hydroxylation is 1. The van der Waals surface area contributed by atoms with Crippen molar-refractivity contribution in [3.63, 3.8) is 0 Å². The van der Waals surface area contributed by atoms with Gasteiger partial charge in [0.1, 0.15) is 0 Å². The highest BCUT2D eigenvalue weighted by Crippen LogP contribution is 2.42. The summed E-state index contributed by atoms with van der Waals surface area (Å²) in [6.45, 7) is 12.4. The zero-order valence-electron chi connectivity index (χ0n) is 19.0. The SMILES string of the molecule is Cc1nn(C(C)(C)C)c2nc(C3CC3)cc(C(=O)N3CCC4(CCNC4)CC3)c12.Cl.Cl. The number of amides is 1. The van der Waals surface area contributed by atoms with Gasteiger partial charge in [-0.05, 0) is 77.8 Å². The first kappa shape index (κ1) is 24.3. The van der Waals surface area contributed by atoms with Crippen molar-refractivity contribution in [3.8, 4) is 0 Å². The number of carbonyl (C=O) groups excluding carboxylic acids is 1. The molecule has 1 amide bonds. The number of rotatable bonds is 2. The topological polar surface area (TPSA) is 63.1 Å². The van der Waals surface area contributed by atoms with Crippen LogP contribution in [0.4, 0.5) is 0 Å². The molecule has 2 aromatic heterocycles. The summed E-state index contributed by atoms with van der Waals surface area (Å²) in [6, 6.07) is 2.07. The first-order valence-corrected chi connectivity index (χ1v) is 11.2. The van der Waals surface area contributed by atoms with Crippen LogP contribution in [0.5, 0.6) is 0 Å². The van der Waals surface area contributed by atoms with Gasteiger partial charge in [-0.2, -0.15) is 5.10 Å². The minimum Gasteiger partial charge on any atom is -0.339 e. The lowest BCUT2D eigenvalue weighted by Gasteiger charge is -2.39. The molecule has 8 heteroatoms. The summed E-state index contributed by atoms with van der Waals surface area (Å²) >= 11 is 0. The number of hydrogen-bond acceptors (Lipinski definition) is 4. The average Bonchev–Trinajstić information content (AvgIpc) is 3.35. The van der Waals surface area contributed by atoms with Crippen LogP contribution in [-0.2, 0) is 5.54 Å². The van der Waals surface area contributed by atoms with E-state index >= 15 is 0 Å². The zero-order chi connectivity index (χ0) is 20.4. The smallest absolute Gasteiger partial charge is 0.254 e. The second-order valence-electron chi connectivity index (χ2n) is 10.5. The van der Waals surface area contributed by atoms with Gasteiger partial charge in [0.25, 0.3) is 5.91 Å². The molecular formula is C23H35Cl2N5O. The molecule has 1 aliphatic carbocycles. The van der Waals surface area contributed by atoms with E-state index in [0.717, 1.165) is 67.0 Å². The van der Waals surface area contributed by atoms with Crippen LogP contribution in [0.2, 0.25) is 0 Å². The minimum absolute atomic E-state index is 0. The van der Waals surface area contributed by atoms with Crippen molar-refractivity contribution in [1.29, 1.82) is 0 Å². The first-order chi connectivity index (χ1) is 13.8. The van der Waals surface area contributed by atoms with Crippen molar-refractivity contribution in [2.75, 3.05) is 26.2 Å². The van der Waals surface area contributed by atoms with Crippen LogP contribution in [0.15, 0.2) is 6.07 Å². The summed E-state index contributed by atoms with van der Waals surface area (Å²) < 4.78 is 2.01. The molecule has 1 spiro atoms. The molecule has 2 aliphatic heterocycles. The number of nitrogens with zero attached hydrogens (tertiary/aromatic N) is 4. The maximum atomic E-state index is 13.7. The summed E-state index contributed by atoms with van der Waals surface area (Å²) in [7, 11) is 0. The third kappa shape index (κ3) is 4.31. The summed E-state index contributed by atoms with van der Waals surface area (Å²) in [5.41, 5.74) is 3.90. The Kier molecular flexibility index (Phi) is 6.68. The Morgan fingerprint density at radius 2 is 1.84 bits per heavy atom. The normalized spacial score (nSPS) is 20.6. The van der Waals surface area contributed by atoms with E-state index in [4.69, 9.17) is 10.1 Å². The molecular weight excluding hydrogens is 433 g/mol. The molecule has 5 rings (SSSR count). The fourth-order valence-corrected chi connectivity index (χ4v) is 5.11. The number of aromatic nitrogens is 3. The van der Waals surface area contributed by atoms with Crippen LogP contribution in [0.3, 0.4) is 0 Å². The Morgan fingerprint density at radius 3 is 2.39 bits per heavy atom. The predicted molar refractivity (Wildman–Crippen MR) is 129 cm³/mol. The fourth-order valence-electron chi connectivity index (χ4n) is 5.11. The van der Waals surface area contributed by atoms with Gasteiger partial charge in [-0.3, -0.25) is 4.79 Å². The Labute approximate surface area is 197 Å². The van der Waals surface area contributed by atoms with Crippen molar-refractivity contribution in [1.82, 2.24) is 25.0 Å². The largest absolute Gasteiger partial charge is 0.339 e. The molecule has 172 valence electrons. The van der Waals surface area contributed by atoms with Crippen molar-refractivity contribution in [3.05, 3.63) is 23.0 Å². The van der Waals surface area contributed by atoms with Crippen molar-refractivity contribution in [2.24, 2.45) is 5.41 Å². The van der Waals surface area contributed by atoms with E-state index in [2.05, 4.69) is 37.1 Å². The lowest BCUT2D eigenvalue weighted by Crippen LogP contribution is -2.44. The van der Waals surface area contributed by atoms with Crippen LogP contribution in [0.1, 0.15) is 80.5 Å². The fraction of sp³-hybridized carbons (Fsp3) is 0.696. The molecule has 0 atom stereocenters. The summed E-state index contributed by atoms with van der Waals surface area (Å²) in [5.74, 6) is 0.667. The average molecular weight is 468 g/mol. The summed E-state index contributed by atoms with van der Waals surface area (Å²) in [6.07, 6.45) is 5.81. The van der Waals surface area contributed by atoms with Crippen molar-refractivity contribution >= 4 is 41.8 Å². The second-order valence-corrected chi connectivity index (χ2v) is 10.5. The van der Waals surface area contributed by atoms with Crippen LogP contribution in [0, 0.1) is 12.3 Å². The Morgan fingerprint density at radius 1 is 1.16 bits per heavy atom. The molecule has 31 heavy (non-hydrogen) atoms. The quantitative estimate of drug-likeness (QED) is 0.709. The van der Waals surface area contributed by atoms with Gasteiger partial charge in [0, 0.05) is 31.2 Å². The van der Waals surface area contributed by atoms with Gasteiger partial charge in [-0.25, -0.2) is 9.67 Å². The monoisotopic (exact) mass is 467 g/mol. The molecule has 3 aliphatic rings. The highest BCUT2D eigenvalue weighted by atomic mass is 35.5. The number of piperidine rings is 1. The predicted octanol–water partition coefficient (Wildman–Crippen LogP) is 4.43. The van der Waals surface area contributed by atoms with Crippen LogP contribution in [0.25, 0.3) is 11.0 Å². The van der Waals surface area contributed by atoms with Gasteiger partial charge in [-0.1, -0.05) is 0 Å². The number of carbonyl (C=O) groups is 1. The Hall–Kier alpha value is -1.37. The minimum atomic E-state index is -0.172. The molecule has 3 fully saturated rings. The van der Waals surface area contributed by atoms with Gasteiger partial charge >= 0.3 is 0 Å². The lowest BCUT2D eigenvalue weighted by atomic mass is 9.77. The van der Waals surface area contributed by atoms with Gasteiger partial charge < -0.3 is 10.2 Å². The highest BCUT2D eigenvalue weighted by Gasteiger charge is 2.39. The molecule has 2 aromatic rings. The molecule has 1 N–H and O–H groups in total. The van der Waals surface area contributed by atoms with Crippen LogP contribution in [-0.4, -0.2) is 51.8 Å². The molecule has 0 bridgehead atoms. The van der Waals surface area contributed by atoms with E-state index in [1.165, 1.54) is 19.3 Å². The van der Waals surface area contributed by atoms with E-state index in [9.17, 15) is 4.79 Å². The van der Waals surface area contributed by atoms with Crippen LogP contribution >= 0.6 is 24.8 Å². The molecule has 0 radical (unpaired) electrons. The molecule has 0 aromatic carbocycles.